The quantitative estimate of drug-likeness (QED) is 0.366. The number of rotatable bonds is 5. The maximum absolute atomic E-state index is 5.65. The number of methoxy groups -OCH3 is 1. The molecule has 11 heavy (non-hydrogen) atoms. The van der Waals surface area contributed by atoms with Crippen molar-refractivity contribution in [2.24, 2.45) is 10.7 Å². The van der Waals surface area contributed by atoms with Crippen LogP contribution in [0.5, 0.6) is 0 Å². The molecule has 0 saturated heterocycles. The second-order valence-corrected chi connectivity index (χ2v) is 2.95. The molecular formula is C8H16N2O. The van der Waals surface area contributed by atoms with E-state index in [0.717, 1.165) is 25.3 Å². The highest BCUT2D eigenvalue weighted by Crippen LogP contribution is 2.23. The molecule has 3 heteroatoms. The number of nitrogens with two attached hydrogens (primary N) is 1. The van der Waals surface area contributed by atoms with Gasteiger partial charge >= 0.3 is 0 Å². The Bertz CT molecular complexity index is 141. The minimum Gasteiger partial charge on any atom is -0.387 e. The molecule has 0 radical (unpaired) electrons. The molecule has 0 spiro atoms. The van der Waals surface area contributed by atoms with E-state index in [0.29, 0.717) is 6.04 Å². The number of aliphatic imine (C=N–C) groups is 1. The van der Waals surface area contributed by atoms with Crippen LogP contribution in [0.1, 0.15) is 25.7 Å². The molecule has 0 aromatic heterocycles. The Labute approximate surface area is 67.6 Å². The van der Waals surface area contributed by atoms with Gasteiger partial charge in [-0.15, -0.1) is 0 Å². The lowest BCUT2D eigenvalue weighted by atomic mass is 10.3. The van der Waals surface area contributed by atoms with Crippen molar-refractivity contribution in [3.63, 3.8) is 0 Å². The minimum absolute atomic E-state index is 0.553. The van der Waals surface area contributed by atoms with Gasteiger partial charge in [-0.3, -0.25) is 4.99 Å². The number of hydrogen-bond donors (Lipinski definition) is 1. The molecule has 1 fully saturated rings. The molecule has 0 aromatic rings. The molecule has 1 rings (SSSR count). The van der Waals surface area contributed by atoms with Crippen LogP contribution in [0.4, 0.5) is 0 Å². The summed E-state index contributed by atoms with van der Waals surface area (Å²) in [7, 11) is 1.70. The average molecular weight is 156 g/mol. The summed E-state index contributed by atoms with van der Waals surface area (Å²) in [6.07, 6.45) is 4.32. The van der Waals surface area contributed by atoms with Crippen LogP contribution in [-0.4, -0.2) is 25.6 Å². The SMILES string of the molecule is COCCCC(N)=NC1CC1. The van der Waals surface area contributed by atoms with E-state index in [1.807, 2.05) is 0 Å². The van der Waals surface area contributed by atoms with E-state index in [1.165, 1.54) is 12.8 Å². The smallest absolute Gasteiger partial charge is 0.0941 e. The van der Waals surface area contributed by atoms with Crippen molar-refractivity contribution in [3.8, 4) is 0 Å². The molecule has 0 amide bonds. The van der Waals surface area contributed by atoms with Crippen molar-refractivity contribution in [2.75, 3.05) is 13.7 Å². The lowest BCUT2D eigenvalue weighted by molar-refractivity contribution is 0.196. The zero-order valence-corrected chi connectivity index (χ0v) is 7.05. The fourth-order valence-electron chi connectivity index (χ4n) is 0.900. The Balaban J connectivity index is 2.04. The van der Waals surface area contributed by atoms with Crippen LogP contribution in [0, 0.1) is 0 Å². The third-order valence-electron chi connectivity index (χ3n) is 1.68. The minimum atomic E-state index is 0.553. The molecule has 0 unspecified atom stereocenters. The first-order valence-corrected chi connectivity index (χ1v) is 4.14. The first-order chi connectivity index (χ1) is 5.33. The largest absolute Gasteiger partial charge is 0.387 e. The molecular weight excluding hydrogens is 140 g/mol. The van der Waals surface area contributed by atoms with E-state index in [4.69, 9.17) is 10.5 Å². The van der Waals surface area contributed by atoms with Crippen LogP contribution in [0.2, 0.25) is 0 Å². The number of nitrogens with zero attached hydrogens (tertiary/aromatic N) is 1. The first kappa shape index (κ1) is 8.53. The van der Waals surface area contributed by atoms with Crippen LogP contribution in [0.15, 0.2) is 4.99 Å². The third kappa shape index (κ3) is 3.98. The predicted molar refractivity (Wildman–Crippen MR) is 45.8 cm³/mol. The van der Waals surface area contributed by atoms with E-state index in [2.05, 4.69) is 4.99 Å². The monoisotopic (exact) mass is 156 g/mol. The molecule has 0 aliphatic heterocycles. The third-order valence-corrected chi connectivity index (χ3v) is 1.68. The van der Waals surface area contributed by atoms with Crippen molar-refractivity contribution in [1.29, 1.82) is 0 Å². The standard InChI is InChI=1S/C8H16N2O/c1-11-6-2-3-8(9)10-7-4-5-7/h7H,2-6H2,1H3,(H2,9,10). The molecule has 0 heterocycles. The van der Waals surface area contributed by atoms with Crippen molar-refractivity contribution in [3.05, 3.63) is 0 Å². The molecule has 1 saturated carbocycles. The fraction of sp³-hybridized carbons (Fsp3) is 0.875. The summed E-state index contributed by atoms with van der Waals surface area (Å²) in [4.78, 5) is 4.30. The highest BCUT2D eigenvalue weighted by molar-refractivity contribution is 5.80. The Hall–Kier alpha value is -0.570. The van der Waals surface area contributed by atoms with E-state index >= 15 is 0 Å². The van der Waals surface area contributed by atoms with Crippen LogP contribution in [0.3, 0.4) is 0 Å². The molecule has 2 N–H and O–H groups in total. The summed E-state index contributed by atoms with van der Waals surface area (Å²) in [5.41, 5.74) is 5.65. The van der Waals surface area contributed by atoms with Gasteiger partial charge in [-0.05, 0) is 19.3 Å². The van der Waals surface area contributed by atoms with Gasteiger partial charge in [-0.25, -0.2) is 0 Å². The number of amidine groups is 1. The van der Waals surface area contributed by atoms with Crippen LogP contribution in [0.25, 0.3) is 0 Å². The van der Waals surface area contributed by atoms with E-state index < -0.39 is 0 Å². The second kappa shape index (κ2) is 4.34. The van der Waals surface area contributed by atoms with E-state index in [-0.39, 0.29) is 0 Å². The van der Waals surface area contributed by atoms with Crippen LogP contribution in [-0.2, 0) is 4.74 Å². The van der Waals surface area contributed by atoms with Crippen molar-refractivity contribution in [1.82, 2.24) is 0 Å². The van der Waals surface area contributed by atoms with Crippen molar-refractivity contribution in [2.45, 2.75) is 31.7 Å². The van der Waals surface area contributed by atoms with Gasteiger partial charge in [0.25, 0.3) is 0 Å². The Morgan fingerprint density at radius 1 is 1.64 bits per heavy atom. The summed E-state index contributed by atoms with van der Waals surface area (Å²) < 4.78 is 4.90. The summed E-state index contributed by atoms with van der Waals surface area (Å²) in [6.45, 7) is 0.779. The molecule has 0 bridgehead atoms. The van der Waals surface area contributed by atoms with E-state index in [9.17, 15) is 0 Å². The highest BCUT2D eigenvalue weighted by Gasteiger charge is 2.19. The Kier molecular flexibility index (Phi) is 3.36. The van der Waals surface area contributed by atoms with E-state index in [1.54, 1.807) is 7.11 Å². The topological polar surface area (TPSA) is 47.6 Å². The maximum atomic E-state index is 5.65. The van der Waals surface area contributed by atoms with Gasteiger partial charge in [0.15, 0.2) is 0 Å². The maximum Gasteiger partial charge on any atom is 0.0941 e. The van der Waals surface area contributed by atoms with Gasteiger partial charge in [-0.1, -0.05) is 0 Å². The average Bonchev–Trinajstić information content (AvgIpc) is 2.72. The number of hydrogen-bond acceptors (Lipinski definition) is 2. The van der Waals surface area contributed by atoms with Gasteiger partial charge in [0.05, 0.1) is 11.9 Å². The summed E-state index contributed by atoms with van der Waals surface area (Å²) in [5, 5.41) is 0. The van der Waals surface area contributed by atoms with Crippen LogP contribution >= 0.6 is 0 Å². The fourth-order valence-corrected chi connectivity index (χ4v) is 0.900. The molecule has 1 aliphatic rings. The van der Waals surface area contributed by atoms with Gasteiger partial charge in [0, 0.05) is 20.1 Å². The van der Waals surface area contributed by atoms with Gasteiger partial charge in [-0.2, -0.15) is 0 Å². The van der Waals surface area contributed by atoms with Gasteiger partial charge in [0.2, 0.25) is 0 Å². The summed E-state index contributed by atoms with van der Waals surface area (Å²) >= 11 is 0. The predicted octanol–water partition coefficient (Wildman–Crippen LogP) is 0.933. The molecule has 3 nitrogen and oxygen atoms in total. The second-order valence-electron chi connectivity index (χ2n) is 2.95. The molecule has 0 aromatic carbocycles. The van der Waals surface area contributed by atoms with Gasteiger partial charge < -0.3 is 10.5 Å². The Morgan fingerprint density at radius 3 is 2.91 bits per heavy atom. The van der Waals surface area contributed by atoms with Crippen molar-refractivity contribution < 1.29 is 4.74 Å². The highest BCUT2D eigenvalue weighted by atomic mass is 16.5. The molecule has 1 aliphatic carbocycles. The molecule has 64 valence electrons. The Morgan fingerprint density at radius 2 is 2.36 bits per heavy atom. The van der Waals surface area contributed by atoms with Gasteiger partial charge in [0.1, 0.15) is 0 Å². The summed E-state index contributed by atoms with van der Waals surface area (Å²) in [6, 6.07) is 0.553. The lowest BCUT2D eigenvalue weighted by Gasteiger charge is -1.98. The number of ether oxygens (including phenoxy) is 1. The molecule has 0 atom stereocenters. The normalized spacial score (nSPS) is 18.8. The van der Waals surface area contributed by atoms with Crippen molar-refractivity contribution >= 4 is 5.84 Å². The summed E-state index contributed by atoms with van der Waals surface area (Å²) in [5.74, 6) is 0.796. The first-order valence-electron chi connectivity index (χ1n) is 4.14. The zero-order valence-electron chi connectivity index (χ0n) is 7.05. The zero-order chi connectivity index (χ0) is 8.10. The lowest BCUT2D eigenvalue weighted by Crippen LogP contribution is -2.13. The van der Waals surface area contributed by atoms with Crippen LogP contribution < -0.4 is 5.73 Å².